The molecule has 36 heavy (non-hydrogen) atoms. The molecule has 188 valence electrons. The number of nitrogens with zero attached hydrogens (tertiary/aromatic N) is 5. The number of piperazine rings is 1. The van der Waals surface area contributed by atoms with E-state index in [4.69, 9.17) is 5.73 Å². The monoisotopic (exact) mass is 550 g/mol. The molecule has 1 aliphatic rings. The Labute approximate surface area is 218 Å². The first-order valence-electron chi connectivity index (χ1n) is 12.0. The summed E-state index contributed by atoms with van der Waals surface area (Å²) in [4.78, 5) is 29.7. The van der Waals surface area contributed by atoms with E-state index >= 15 is 0 Å². The number of hydrogen-bond donors (Lipinski definition) is 3. The van der Waals surface area contributed by atoms with Gasteiger partial charge in [0.2, 0.25) is 5.91 Å². The Hall–Kier alpha value is -3.21. The molecule has 0 bridgehead atoms. The predicted molar refractivity (Wildman–Crippen MR) is 148 cm³/mol. The molecule has 1 fully saturated rings. The van der Waals surface area contributed by atoms with Gasteiger partial charge in [-0.1, -0.05) is 6.07 Å². The number of nitrogens with two attached hydrogens (primary N) is 1. The summed E-state index contributed by atoms with van der Waals surface area (Å²) in [5.41, 5.74) is 14.0. The smallest absolute Gasteiger partial charge is 0.238 e. The maximum Gasteiger partial charge on any atom is 0.238 e. The van der Waals surface area contributed by atoms with Gasteiger partial charge in [-0.05, 0) is 67.5 Å². The van der Waals surface area contributed by atoms with E-state index in [1.807, 2.05) is 19.1 Å². The second-order valence-corrected chi connectivity index (χ2v) is 10.4. The number of halogens is 1. The highest BCUT2D eigenvalue weighted by molar-refractivity contribution is 9.10. The molecule has 0 spiro atoms. The number of H-pyrrole nitrogens is 1. The zero-order valence-corrected chi connectivity index (χ0v) is 22.6. The zero-order chi connectivity index (χ0) is 25.6. The van der Waals surface area contributed by atoms with Crippen LogP contribution in [-0.4, -0.2) is 75.0 Å². The van der Waals surface area contributed by atoms with Gasteiger partial charge in [-0.2, -0.15) is 0 Å². The van der Waals surface area contributed by atoms with Gasteiger partial charge in [0.25, 0.3) is 0 Å². The molecule has 0 aliphatic carbocycles. The van der Waals surface area contributed by atoms with E-state index in [0.29, 0.717) is 23.4 Å². The van der Waals surface area contributed by atoms with E-state index in [-0.39, 0.29) is 5.91 Å². The molecule has 0 unspecified atom stereocenters. The highest BCUT2D eigenvalue weighted by Crippen LogP contribution is 2.33. The Morgan fingerprint density at radius 1 is 1.19 bits per heavy atom. The third-order valence-electron chi connectivity index (χ3n) is 6.98. The number of imidazole rings is 1. The van der Waals surface area contributed by atoms with Gasteiger partial charge in [0, 0.05) is 55.0 Å². The Bertz CT molecular complexity index is 1450. The molecule has 4 heterocycles. The number of carbonyl (C=O) groups is 1. The van der Waals surface area contributed by atoms with Crippen LogP contribution in [0.25, 0.3) is 28.2 Å². The molecule has 0 radical (unpaired) electrons. The lowest BCUT2D eigenvalue weighted by atomic mass is 10.1. The molecule has 10 heteroatoms. The summed E-state index contributed by atoms with van der Waals surface area (Å²) in [6.07, 6.45) is 1.67. The zero-order valence-electron chi connectivity index (χ0n) is 21.0. The molecule has 0 saturated carbocycles. The van der Waals surface area contributed by atoms with Crippen molar-refractivity contribution in [2.75, 3.05) is 50.8 Å². The molecule has 3 aromatic heterocycles. The number of rotatable bonds is 5. The summed E-state index contributed by atoms with van der Waals surface area (Å²) in [5.74, 6) is 0.732. The van der Waals surface area contributed by atoms with E-state index < -0.39 is 0 Å². The van der Waals surface area contributed by atoms with Crippen molar-refractivity contribution in [1.29, 1.82) is 0 Å². The number of likely N-dealkylation sites (N-methyl/N-ethyl adjacent to an activating group) is 1. The van der Waals surface area contributed by atoms with Gasteiger partial charge in [0.05, 0.1) is 22.4 Å². The fraction of sp³-hybridized carbons (Fsp3) is 0.346. The molecular formula is C26H31BrN8O. The average Bonchev–Trinajstić information content (AvgIpc) is 3.40. The van der Waals surface area contributed by atoms with Crippen LogP contribution in [0.1, 0.15) is 17.0 Å². The number of aromatic amines is 1. The van der Waals surface area contributed by atoms with E-state index in [9.17, 15) is 4.79 Å². The fourth-order valence-corrected chi connectivity index (χ4v) is 5.15. The quantitative estimate of drug-likeness (QED) is 0.348. The molecule has 1 saturated heterocycles. The largest absolute Gasteiger partial charge is 0.396 e. The summed E-state index contributed by atoms with van der Waals surface area (Å²) in [6, 6.07) is 8.12. The molecule has 4 aromatic rings. The molecule has 0 atom stereocenters. The normalized spacial score (nSPS) is 15.0. The number of aryl methyl sites for hydroxylation is 1. The molecular weight excluding hydrogens is 520 g/mol. The van der Waals surface area contributed by atoms with Gasteiger partial charge >= 0.3 is 0 Å². The Morgan fingerprint density at radius 3 is 2.69 bits per heavy atom. The van der Waals surface area contributed by atoms with Crippen LogP contribution in [0.5, 0.6) is 0 Å². The third-order valence-corrected chi connectivity index (χ3v) is 7.61. The van der Waals surface area contributed by atoms with Crippen LogP contribution in [0.15, 0.2) is 34.9 Å². The number of benzene rings is 1. The number of nitrogen functional groups attached to an aromatic ring is 1. The second-order valence-electron chi connectivity index (χ2n) is 9.50. The molecule has 1 aromatic carbocycles. The van der Waals surface area contributed by atoms with Crippen molar-refractivity contribution in [2.24, 2.45) is 0 Å². The minimum Gasteiger partial charge on any atom is -0.396 e. The number of aromatic nitrogens is 4. The number of nitrogens with one attached hydrogen (secondary N) is 2. The number of carbonyl (C=O) groups excluding carboxylic acids is 1. The van der Waals surface area contributed by atoms with Crippen LogP contribution < -0.4 is 11.1 Å². The minimum atomic E-state index is 0.0139. The first kappa shape index (κ1) is 24.5. The highest BCUT2D eigenvalue weighted by Gasteiger charge is 2.20. The molecule has 4 N–H and O–H groups in total. The van der Waals surface area contributed by atoms with Crippen molar-refractivity contribution in [2.45, 2.75) is 20.8 Å². The highest BCUT2D eigenvalue weighted by atomic mass is 79.9. The Kier molecular flexibility index (Phi) is 6.59. The Morgan fingerprint density at radius 2 is 1.94 bits per heavy atom. The molecule has 9 nitrogen and oxygen atoms in total. The van der Waals surface area contributed by atoms with Gasteiger partial charge in [0.15, 0.2) is 5.65 Å². The maximum atomic E-state index is 12.8. The molecule has 1 aliphatic heterocycles. The van der Waals surface area contributed by atoms with Crippen LogP contribution in [0.3, 0.4) is 0 Å². The van der Waals surface area contributed by atoms with E-state index in [2.05, 4.69) is 83.6 Å². The number of pyridine rings is 1. The third kappa shape index (κ3) is 4.52. The lowest BCUT2D eigenvalue weighted by Gasteiger charge is -2.31. The standard InChI is InChI=1S/C26H31BrN8O/c1-15-12-18(25-31-24-23(28)19(27)13-29-26(24)32-25)17(3)35(15)21-7-5-6-20(16(21)2)30-22(36)14-34-10-8-33(4)9-11-34/h5-7,12-13H,8-11,14H2,1-4H3,(H,30,36)(H3,28,29,31,32). The van der Waals surface area contributed by atoms with Crippen molar-refractivity contribution < 1.29 is 4.79 Å². The summed E-state index contributed by atoms with van der Waals surface area (Å²) in [5, 5.41) is 3.13. The number of anilines is 2. The lowest BCUT2D eigenvalue weighted by molar-refractivity contribution is -0.117. The van der Waals surface area contributed by atoms with Gasteiger partial charge in [-0.15, -0.1) is 0 Å². The van der Waals surface area contributed by atoms with E-state index in [1.165, 1.54) is 0 Å². The summed E-state index contributed by atoms with van der Waals surface area (Å²) >= 11 is 3.43. The first-order chi connectivity index (χ1) is 17.2. The van der Waals surface area contributed by atoms with Crippen molar-refractivity contribution >= 4 is 44.4 Å². The van der Waals surface area contributed by atoms with Gasteiger partial charge < -0.3 is 25.5 Å². The van der Waals surface area contributed by atoms with Crippen molar-refractivity contribution in [1.82, 2.24) is 29.3 Å². The maximum absolute atomic E-state index is 12.8. The van der Waals surface area contributed by atoms with Crippen molar-refractivity contribution in [3.8, 4) is 17.1 Å². The van der Waals surface area contributed by atoms with Crippen LogP contribution in [0, 0.1) is 20.8 Å². The van der Waals surface area contributed by atoms with Crippen molar-refractivity contribution in [3.63, 3.8) is 0 Å². The predicted octanol–water partition coefficient (Wildman–Crippen LogP) is 3.87. The number of fused-ring (bicyclic) bond motifs is 1. The summed E-state index contributed by atoms with van der Waals surface area (Å²) in [7, 11) is 2.11. The van der Waals surface area contributed by atoms with Crippen LogP contribution in [-0.2, 0) is 4.79 Å². The minimum absolute atomic E-state index is 0.0139. The average molecular weight is 551 g/mol. The first-order valence-corrected chi connectivity index (χ1v) is 12.8. The molecule has 5 rings (SSSR count). The van der Waals surface area contributed by atoms with Crippen LogP contribution >= 0.6 is 15.9 Å². The topological polar surface area (TPSA) is 108 Å². The lowest BCUT2D eigenvalue weighted by Crippen LogP contribution is -2.47. The summed E-state index contributed by atoms with van der Waals surface area (Å²) in [6.45, 7) is 10.4. The molecule has 1 amide bonds. The fourth-order valence-electron chi connectivity index (χ4n) is 4.85. The van der Waals surface area contributed by atoms with Crippen molar-refractivity contribution in [3.05, 3.63) is 51.9 Å². The van der Waals surface area contributed by atoms with Gasteiger partial charge in [-0.25, -0.2) is 9.97 Å². The SMILES string of the molecule is Cc1c(NC(=O)CN2CCN(C)CC2)cccc1-n1c(C)cc(-c2nc3ncc(Br)c(N)c3[nH]2)c1C. The number of amides is 1. The number of hydrogen-bond acceptors (Lipinski definition) is 6. The summed E-state index contributed by atoms with van der Waals surface area (Å²) < 4.78 is 2.93. The van der Waals surface area contributed by atoms with Crippen LogP contribution in [0.2, 0.25) is 0 Å². The van der Waals surface area contributed by atoms with Gasteiger partial charge in [0.1, 0.15) is 11.3 Å². The Balaban J connectivity index is 1.43. The van der Waals surface area contributed by atoms with Crippen LogP contribution in [0.4, 0.5) is 11.4 Å². The van der Waals surface area contributed by atoms with E-state index in [1.54, 1.807) is 6.20 Å². The van der Waals surface area contributed by atoms with Gasteiger partial charge in [-0.3, -0.25) is 9.69 Å². The van der Waals surface area contributed by atoms with E-state index in [0.717, 1.165) is 70.4 Å². The second kappa shape index (κ2) is 9.68.